The van der Waals surface area contributed by atoms with E-state index in [4.69, 9.17) is 4.74 Å². The van der Waals surface area contributed by atoms with Gasteiger partial charge in [-0.3, -0.25) is 14.6 Å². The van der Waals surface area contributed by atoms with Gasteiger partial charge in [-0.05, 0) is 50.0 Å². The number of methoxy groups -OCH3 is 1. The molecule has 0 spiro atoms. The van der Waals surface area contributed by atoms with Gasteiger partial charge < -0.3 is 4.74 Å². The van der Waals surface area contributed by atoms with Crippen LogP contribution in [-0.2, 0) is 4.79 Å². The summed E-state index contributed by atoms with van der Waals surface area (Å²) in [5.74, 6) is 0.768. The number of ether oxygens (including phenoxy) is 1. The molecule has 1 amide bonds. The van der Waals surface area contributed by atoms with E-state index < -0.39 is 0 Å². The summed E-state index contributed by atoms with van der Waals surface area (Å²) in [5.41, 5.74) is 1.87. The van der Waals surface area contributed by atoms with Crippen molar-refractivity contribution in [2.24, 2.45) is 0 Å². The van der Waals surface area contributed by atoms with Crippen LogP contribution in [0.5, 0.6) is 5.75 Å². The molecule has 0 fully saturated rings. The number of thioether (sulfide) groups is 1. The van der Waals surface area contributed by atoms with E-state index in [2.05, 4.69) is 6.58 Å². The molecule has 1 aliphatic rings. The lowest BCUT2D eigenvalue weighted by Crippen LogP contribution is -2.48. The molecule has 4 nitrogen and oxygen atoms in total. The van der Waals surface area contributed by atoms with Gasteiger partial charge in [-0.25, -0.2) is 0 Å². The van der Waals surface area contributed by atoms with E-state index in [-0.39, 0.29) is 12.1 Å². The summed E-state index contributed by atoms with van der Waals surface area (Å²) in [7, 11) is 5.52. The van der Waals surface area contributed by atoms with E-state index >= 15 is 0 Å². The highest BCUT2D eigenvalue weighted by Gasteiger charge is 2.33. The number of rotatable bonds is 5. The Labute approximate surface area is 158 Å². The van der Waals surface area contributed by atoms with Gasteiger partial charge in [-0.15, -0.1) is 0 Å². The molecule has 1 unspecified atom stereocenters. The summed E-state index contributed by atoms with van der Waals surface area (Å²) in [6.07, 6.45) is 3.49. The van der Waals surface area contributed by atoms with Crippen molar-refractivity contribution in [2.75, 3.05) is 26.1 Å². The standard InChI is InChI=1S/C21H22N2O2S/c1-5-20(22(2)3)23-17-8-6-7-9-18(17)26-19(21(23)24)14-15-10-12-16(25-4)13-11-15/h5-14,20H,1H2,2-4H3/b19-14-. The van der Waals surface area contributed by atoms with E-state index in [1.54, 1.807) is 18.1 Å². The first-order valence-corrected chi connectivity index (χ1v) is 9.12. The molecular formula is C21H22N2O2S. The average Bonchev–Trinajstić information content (AvgIpc) is 2.65. The van der Waals surface area contributed by atoms with Crippen molar-refractivity contribution in [2.45, 2.75) is 11.1 Å². The minimum atomic E-state index is -0.219. The summed E-state index contributed by atoms with van der Waals surface area (Å²) >= 11 is 1.50. The molecule has 3 rings (SSSR count). The molecule has 1 aliphatic heterocycles. The van der Waals surface area contributed by atoms with Gasteiger partial charge in [0.25, 0.3) is 5.91 Å². The Morgan fingerprint density at radius 3 is 2.46 bits per heavy atom. The Morgan fingerprint density at radius 1 is 1.15 bits per heavy atom. The van der Waals surface area contributed by atoms with Crippen LogP contribution < -0.4 is 9.64 Å². The van der Waals surface area contributed by atoms with Crippen molar-refractivity contribution < 1.29 is 9.53 Å². The van der Waals surface area contributed by atoms with Crippen molar-refractivity contribution in [3.63, 3.8) is 0 Å². The normalized spacial score (nSPS) is 16.5. The predicted molar refractivity (Wildman–Crippen MR) is 108 cm³/mol. The van der Waals surface area contributed by atoms with E-state index in [0.29, 0.717) is 4.91 Å². The molecule has 0 N–H and O–H groups in total. The zero-order chi connectivity index (χ0) is 18.7. The molecule has 0 bridgehead atoms. The lowest BCUT2D eigenvalue weighted by molar-refractivity contribution is -0.115. The quantitative estimate of drug-likeness (QED) is 0.585. The number of benzene rings is 2. The van der Waals surface area contributed by atoms with Crippen molar-refractivity contribution in [3.8, 4) is 5.75 Å². The van der Waals surface area contributed by atoms with Crippen molar-refractivity contribution in [1.29, 1.82) is 0 Å². The summed E-state index contributed by atoms with van der Waals surface area (Å²) in [4.78, 5) is 18.8. The summed E-state index contributed by atoms with van der Waals surface area (Å²) in [6.45, 7) is 3.92. The highest BCUT2D eigenvalue weighted by molar-refractivity contribution is 8.04. The van der Waals surface area contributed by atoms with Crippen LogP contribution >= 0.6 is 11.8 Å². The SMILES string of the molecule is C=CC(N(C)C)N1C(=O)/C(=C/c2ccc(OC)cc2)Sc2ccccc21. The average molecular weight is 366 g/mol. The Morgan fingerprint density at radius 2 is 1.85 bits per heavy atom. The fourth-order valence-corrected chi connectivity index (χ4v) is 3.92. The van der Waals surface area contributed by atoms with Gasteiger partial charge in [0.05, 0.1) is 17.7 Å². The van der Waals surface area contributed by atoms with Gasteiger partial charge in [0.1, 0.15) is 11.9 Å². The zero-order valence-electron chi connectivity index (χ0n) is 15.2. The highest BCUT2D eigenvalue weighted by atomic mass is 32.2. The number of para-hydroxylation sites is 1. The van der Waals surface area contributed by atoms with E-state index in [9.17, 15) is 4.79 Å². The topological polar surface area (TPSA) is 32.8 Å². The third kappa shape index (κ3) is 3.54. The highest BCUT2D eigenvalue weighted by Crippen LogP contribution is 2.43. The van der Waals surface area contributed by atoms with Gasteiger partial charge in [0, 0.05) is 4.90 Å². The van der Waals surface area contributed by atoms with Crippen LogP contribution in [0, 0.1) is 0 Å². The Bertz CT molecular complexity index is 843. The maximum absolute atomic E-state index is 13.3. The number of fused-ring (bicyclic) bond motifs is 1. The van der Waals surface area contributed by atoms with Crippen molar-refractivity contribution >= 4 is 29.4 Å². The van der Waals surface area contributed by atoms with Crippen molar-refractivity contribution in [3.05, 3.63) is 71.7 Å². The van der Waals surface area contributed by atoms with E-state index in [0.717, 1.165) is 21.9 Å². The molecule has 26 heavy (non-hydrogen) atoms. The van der Waals surface area contributed by atoms with Crippen LogP contribution in [-0.4, -0.2) is 38.2 Å². The monoisotopic (exact) mass is 366 g/mol. The molecule has 2 aromatic carbocycles. The van der Waals surface area contributed by atoms with Crippen LogP contribution in [0.25, 0.3) is 6.08 Å². The number of hydrogen-bond donors (Lipinski definition) is 0. The third-order valence-electron chi connectivity index (χ3n) is 4.19. The van der Waals surface area contributed by atoms with Crippen molar-refractivity contribution in [1.82, 2.24) is 4.90 Å². The Kier molecular flexibility index (Phi) is 5.49. The third-order valence-corrected chi connectivity index (χ3v) is 5.27. The van der Waals surface area contributed by atoms with E-state index in [1.807, 2.05) is 73.6 Å². The minimum absolute atomic E-state index is 0.0249. The zero-order valence-corrected chi connectivity index (χ0v) is 16.0. The number of nitrogens with zero attached hydrogens (tertiary/aromatic N) is 2. The molecule has 134 valence electrons. The number of hydrogen-bond acceptors (Lipinski definition) is 4. The van der Waals surface area contributed by atoms with Gasteiger partial charge in [-0.1, -0.05) is 48.7 Å². The maximum atomic E-state index is 13.3. The van der Waals surface area contributed by atoms with Crippen LogP contribution in [0.15, 0.2) is 71.0 Å². The molecular weight excluding hydrogens is 344 g/mol. The first kappa shape index (κ1) is 18.3. The van der Waals surface area contributed by atoms with E-state index in [1.165, 1.54) is 11.8 Å². The van der Waals surface area contributed by atoms with Gasteiger partial charge in [0.15, 0.2) is 0 Å². The van der Waals surface area contributed by atoms with Gasteiger partial charge >= 0.3 is 0 Å². The smallest absolute Gasteiger partial charge is 0.266 e. The largest absolute Gasteiger partial charge is 0.497 e. The number of carbonyl (C=O) groups is 1. The lowest BCUT2D eigenvalue weighted by atomic mass is 10.2. The fraction of sp³-hybridized carbons (Fsp3) is 0.190. The summed E-state index contributed by atoms with van der Waals surface area (Å²) in [6, 6.07) is 15.6. The molecule has 1 heterocycles. The number of amides is 1. The maximum Gasteiger partial charge on any atom is 0.266 e. The molecule has 1 atom stereocenters. The molecule has 2 aromatic rings. The summed E-state index contributed by atoms with van der Waals surface area (Å²) < 4.78 is 5.20. The second-order valence-corrected chi connectivity index (χ2v) is 7.22. The van der Waals surface area contributed by atoms with Crippen LogP contribution in [0.3, 0.4) is 0 Å². The molecule has 0 saturated carbocycles. The Balaban J connectivity index is 2.04. The van der Waals surface area contributed by atoms with Gasteiger partial charge in [0.2, 0.25) is 0 Å². The summed E-state index contributed by atoms with van der Waals surface area (Å²) in [5, 5.41) is 0. The number of likely N-dealkylation sites (N-methyl/N-ethyl adjacent to an activating group) is 1. The molecule has 0 radical (unpaired) electrons. The molecule has 0 aliphatic carbocycles. The molecule has 0 aromatic heterocycles. The second-order valence-electron chi connectivity index (χ2n) is 6.14. The number of anilines is 1. The first-order chi connectivity index (χ1) is 12.5. The number of carbonyl (C=O) groups excluding carboxylic acids is 1. The lowest BCUT2D eigenvalue weighted by Gasteiger charge is -2.38. The Hall–Kier alpha value is -2.50. The minimum Gasteiger partial charge on any atom is -0.497 e. The molecule has 0 saturated heterocycles. The fourth-order valence-electron chi connectivity index (χ4n) is 2.89. The van der Waals surface area contributed by atoms with Gasteiger partial charge in [-0.2, -0.15) is 0 Å². The van der Waals surface area contributed by atoms with Crippen LogP contribution in [0.2, 0.25) is 0 Å². The second kappa shape index (κ2) is 7.81. The van der Waals surface area contributed by atoms with Crippen LogP contribution in [0.1, 0.15) is 5.56 Å². The first-order valence-electron chi connectivity index (χ1n) is 8.30. The predicted octanol–water partition coefficient (Wildman–Crippen LogP) is 4.25. The molecule has 5 heteroatoms. The van der Waals surface area contributed by atoms with Crippen LogP contribution in [0.4, 0.5) is 5.69 Å².